The van der Waals surface area contributed by atoms with E-state index in [4.69, 9.17) is 5.26 Å². The summed E-state index contributed by atoms with van der Waals surface area (Å²) >= 11 is 3.50. The van der Waals surface area contributed by atoms with E-state index in [1.165, 1.54) is 0 Å². The van der Waals surface area contributed by atoms with Crippen LogP contribution in [0, 0.1) is 17.2 Å². The molecule has 17 heavy (non-hydrogen) atoms. The van der Waals surface area contributed by atoms with Gasteiger partial charge in [-0.2, -0.15) is 5.26 Å². The van der Waals surface area contributed by atoms with Crippen molar-refractivity contribution in [3.63, 3.8) is 0 Å². The van der Waals surface area contributed by atoms with E-state index < -0.39 is 0 Å². The van der Waals surface area contributed by atoms with Crippen molar-refractivity contribution in [3.8, 4) is 6.07 Å². The lowest BCUT2D eigenvalue weighted by Gasteiger charge is -2.14. The Hall–Kier alpha value is -1.34. The molecule has 0 radical (unpaired) electrons. The molecule has 90 valence electrons. The molecular formula is C13H15BrN2O. The third-order valence-corrected chi connectivity index (χ3v) is 3.82. The molecule has 0 spiro atoms. The summed E-state index contributed by atoms with van der Waals surface area (Å²) in [6.45, 7) is 4.75. The number of carbonyl (C=O) groups excluding carboxylic acids is 1. The Labute approximate surface area is 110 Å². The SMILES string of the molecule is CC(C)C(Br)CNC(=O)c1cccc(C#N)c1. The van der Waals surface area contributed by atoms with Gasteiger partial charge in [-0.05, 0) is 24.1 Å². The normalized spacial score (nSPS) is 11.9. The number of nitrogens with one attached hydrogen (secondary N) is 1. The van der Waals surface area contributed by atoms with Crippen LogP contribution in [0.15, 0.2) is 24.3 Å². The predicted molar refractivity (Wildman–Crippen MR) is 71.0 cm³/mol. The largest absolute Gasteiger partial charge is 0.351 e. The number of alkyl halides is 1. The summed E-state index contributed by atoms with van der Waals surface area (Å²) < 4.78 is 0. The number of benzene rings is 1. The van der Waals surface area contributed by atoms with E-state index >= 15 is 0 Å². The van der Waals surface area contributed by atoms with E-state index in [1.54, 1.807) is 24.3 Å². The molecule has 0 aliphatic carbocycles. The molecule has 0 aliphatic heterocycles. The standard InChI is InChI=1S/C13H15BrN2O/c1-9(2)12(14)8-16-13(17)11-5-3-4-10(6-11)7-15/h3-6,9,12H,8H2,1-2H3,(H,16,17). The number of carbonyl (C=O) groups is 1. The van der Waals surface area contributed by atoms with Crippen molar-refractivity contribution in [3.05, 3.63) is 35.4 Å². The second-order valence-electron chi connectivity index (χ2n) is 4.16. The van der Waals surface area contributed by atoms with Gasteiger partial charge in [0.25, 0.3) is 5.91 Å². The number of hydrogen-bond donors (Lipinski definition) is 1. The highest BCUT2D eigenvalue weighted by Crippen LogP contribution is 2.11. The number of rotatable bonds is 4. The molecule has 0 fully saturated rings. The van der Waals surface area contributed by atoms with Gasteiger partial charge >= 0.3 is 0 Å². The van der Waals surface area contributed by atoms with Gasteiger partial charge in [-0.3, -0.25) is 4.79 Å². The molecule has 0 aromatic heterocycles. The van der Waals surface area contributed by atoms with E-state index in [2.05, 4.69) is 35.1 Å². The van der Waals surface area contributed by atoms with Crippen LogP contribution < -0.4 is 5.32 Å². The summed E-state index contributed by atoms with van der Waals surface area (Å²) in [5.74, 6) is 0.313. The van der Waals surface area contributed by atoms with E-state index in [0.717, 1.165) is 0 Å². The first kappa shape index (κ1) is 13.7. The zero-order chi connectivity index (χ0) is 12.8. The van der Waals surface area contributed by atoms with Gasteiger partial charge in [0.2, 0.25) is 0 Å². The second kappa shape index (κ2) is 6.41. The highest BCUT2D eigenvalue weighted by atomic mass is 79.9. The first-order chi connectivity index (χ1) is 8.04. The fourth-order valence-corrected chi connectivity index (χ4v) is 1.42. The Morgan fingerprint density at radius 2 is 2.24 bits per heavy atom. The van der Waals surface area contributed by atoms with Gasteiger partial charge in [-0.1, -0.05) is 35.8 Å². The quantitative estimate of drug-likeness (QED) is 0.868. The monoisotopic (exact) mass is 294 g/mol. The lowest BCUT2D eigenvalue weighted by molar-refractivity contribution is 0.0953. The summed E-state index contributed by atoms with van der Waals surface area (Å²) in [4.78, 5) is 12.1. The third kappa shape index (κ3) is 4.20. The van der Waals surface area contributed by atoms with Crippen LogP contribution in [0.2, 0.25) is 0 Å². The molecule has 0 heterocycles. The number of hydrogen-bond acceptors (Lipinski definition) is 2. The van der Waals surface area contributed by atoms with Gasteiger partial charge in [0.1, 0.15) is 0 Å². The van der Waals surface area contributed by atoms with Crippen molar-refractivity contribution < 1.29 is 4.79 Å². The highest BCUT2D eigenvalue weighted by molar-refractivity contribution is 9.09. The summed E-state index contributed by atoms with van der Waals surface area (Å²) in [6, 6.07) is 8.70. The van der Waals surface area contributed by atoms with Crippen LogP contribution in [0.3, 0.4) is 0 Å². The average Bonchev–Trinajstić information content (AvgIpc) is 2.35. The number of nitrogens with zero attached hydrogens (tertiary/aromatic N) is 1. The molecule has 1 amide bonds. The number of nitriles is 1. The minimum absolute atomic E-state index is 0.146. The van der Waals surface area contributed by atoms with Crippen LogP contribution in [0.1, 0.15) is 29.8 Å². The molecule has 1 aromatic rings. The fourth-order valence-electron chi connectivity index (χ4n) is 1.26. The molecule has 1 N–H and O–H groups in total. The van der Waals surface area contributed by atoms with E-state index in [-0.39, 0.29) is 10.7 Å². The molecule has 1 rings (SSSR count). The van der Waals surface area contributed by atoms with Crippen LogP contribution in [0.5, 0.6) is 0 Å². The zero-order valence-electron chi connectivity index (χ0n) is 9.90. The summed E-state index contributed by atoms with van der Waals surface area (Å²) in [7, 11) is 0. The predicted octanol–water partition coefficient (Wildman–Crippen LogP) is 2.71. The molecule has 1 aromatic carbocycles. The molecule has 0 bridgehead atoms. The molecule has 4 heteroatoms. The van der Waals surface area contributed by atoms with Crippen LogP contribution in [0.25, 0.3) is 0 Å². The highest BCUT2D eigenvalue weighted by Gasteiger charge is 2.11. The zero-order valence-corrected chi connectivity index (χ0v) is 11.5. The van der Waals surface area contributed by atoms with Crippen molar-refractivity contribution in [2.24, 2.45) is 5.92 Å². The Balaban J connectivity index is 2.61. The molecule has 0 saturated carbocycles. The van der Waals surface area contributed by atoms with Gasteiger partial charge in [0, 0.05) is 16.9 Å². The summed E-state index contributed by atoms with van der Waals surface area (Å²) in [5.41, 5.74) is 1.02. The van der Waals surface area contributed by atoms with Gasteiger partial charge in [-0.25, -0.2) is 0 Å². The maximum atomic E-state index is 11.8. The Kier molecular flexibility index (Phi) is 5.17. The van der Waals surface area contributed by atoms with Crippen molar-refractivity contribution in [1.82, 2.24) is 5.32 Å². The smallest absolute Gasteiger partial charge is 0.251 e. The molecule has 0 saturated heterocycles. The Morgan fingerprint density at radius 1 is 1.53 bits per heavy atom. The van der Waals surface area contributed by atoms with Gasteiger partial charge < -0.3 is 5.32 Å². The van der Waals surface area contributed by atoms with Crippen LogP contribution in [-0.2, 0) is 0 Å². The van der Waals surface area contributed by atoms with Crippen molar-refractivity contribution >= 4 is 21.8 Å². The third-order valence-electron chi connectivity index (χ3n) is 2.43. The summed E-state index contributed by atoms with van der Waals surface area (Å²) in [6.07, 6.45) is 0. The minimum Gasteiger partial charge on any atom is -0.351 e. The van der Waals surface area contributed by atoms with E-state index in [0.29, 0.717) is 23.6 Å². The molecule has 0 aliphatic rings. The van der Waals surface area contributed by atoms with Crippen molar-refractivity contribution in [2.75, 3.05) is 6.54 Å². The van der Waals surface area contributed by atoms with Gasteiger partial charge in [0.05, 0.1) is 11.6 Å². The van der Waals surface area contributed by atoms with Crippen molar-refractivity contribution in [2.45, 2.75) is 18.7 Å². The fraction of sp³-hybridized carbons (Fsp3) is 0.385. The molecule has 3 nitrogen and oxygen atoms in total. The number of halogens is 1. The van der Waals surface area contributed by atoms with Crippen LogP contribution >= 0.6 is 15.9 Å². The lowest BCUT2D eigenvalue weighted by Crippen LogP contribution is -2.31. The Bertz CT molecular complexity index is 437. The average molecular weight is 295 g/mol. The topological polar surface area (TPSA) is 52.9 Å². The van der Waals surface area contributed by atoms with Crippen LogP contribution in [-0.4, -0.2) is 17.3 Å². The molecular weight excluding hydrogens is 280 g/mol. The first-order valence-electron chi connectivity index (χ1n) is 5.47. The maximum Gasteiger partial charge on any atom is 0.251 e. The van der Waals surface area contributed by atoms with Crippen LogP contribution in [0.4, 0.5) is 0 Å². The first-order valence-corrected chi connectivity index (χ1v) is 6.38. The van der Waals surface area contributed by atoms with E-state index in [9.17, 15) is 4.79 Å². The van der Waals surface area contributed by atoms with Gasteiger partial charge in [-0.15, -0.1) is 0 Å². The Morgan fingerprint density at radius 3 is 2.82 bits per heavy atom. The maximum absolute atomic E-state index is 11.8. The molecule has 1 atom stereocenters. The molecule has 1 unspecified atom stereocenters. The summed E-state index contributed by atoms with van der Waals surface area (Å²) in [5, 5.41) is 11.6. The minimum atomic E-state index is -0.146. The second-order valence-corrected chi connectivity index (χ2v) is 5.34. The van der Waals surface area contributed by atoms with E-state index in [1.807, 2.05) is 6.07 Å². The lowest BCUT2D eigenvalue weighted by atomic mass is 10.1. The number of amides is 1. The van der Waals surface area contributed by atoms with Gasteiger partial charge in [0.15, 0.2) is 0 Å². The van der Waals surface area contributed by atoms with Crippen molar-refractivity contribution in [1.29, 1.82) is 5.26 Å².